The molecule has 6 heteroatoms. The van der Waals surface area contributed by atoms with E-state index in [1.54, 1.807) is 0 Å². The van der Waals surface area contributed by atoms with Crippen LogP contribution in [0.25, 0.3) is 0 Å². The summed E-state index contributed by atoms with van der Waals surface area (Å²) in [5.74, 6) is -1.45. The Balaban J connectivity index is 3.47. The number of nitrogens with two attached hydrogens (primary N) is 1. The SMILES string of the molecule is CC(=O)N(O)CCCCC(N)C(=O)O. The van der Waals surface area contributed by atoms with Crippen molar-refractivity contribution in [1.29, 1.82) is 0 Å². The van der Waals surface area contributed by atoms with Gasteiger partial charge in [-0.3, -0.25) is 14.8 Å². The lowest BCUT2D eigenvalue weighted by atomic mass is 10.1. The van der Waals surface area contributed by atoms with Gasteiger partial charge in [0.15, 0.2) is 0 Å². The van der Waals surface area contributed by atoms with E-state index >= 15 is 0 Å². The molecule has 0 aromatic carbocycles. The molecule has 0 aromatic heterocycles. The highest BCUT2D eigenvalue weighted by Crippen LogP contribution is 2.00. The van der Waals surface area contributed by atoms with E-state index < -0.39 is 17.9 Å². The van der Waals surface area contributed by atoms with Gasteiger partial charge in [0.1, 0.15) is 6.04 Å². The van der Waals surface area contributed by atoms with Crippen LogP contribution in [-0.4, -0.2) is 39.8 Å². The molecular weight excluding hydrogens is 188 g/mol. The minimum atomic E-state index is -1.03. The number of carbonyl (C=O) groups excluding carboxylic acids is 1. The van der Waals surface area contributed by atoms with E-state index in [-0.39, 0.29) is 6.54 Å². The molecule has 82 valence electrons. The van der Waals surface area contributed by atoms with Gasteiger partial charge in [-0.2, -0.15) is 0 Å². The summed E-state index contributed by atoms with van der Waals surface area (Å²) in [5, 5.41) is 18.0. The summed E-state index contributed by atoms with van der Waals surface area (Å²) in [6.45, 7) is 1.46. The minimum absolute atomic E-state index is 0.210. The largest absolute Gasteiger partial charge is 0.480 e. The fourth-order valence-corrected chi connectivity index (χ4v) is 0.907. The molecule has 6 nitrogen and oxygen atoms in total. The molecule has 0 saturated heterocycles. The molecule has 0 saturated carbocycles. The van der Waals surface area contributed by atoms with E-state index in [1.807, 2.05) is 0 Å². The third-order valence-electron chi connectivity index (χ3n) is 1.82. The average Bonchev–Trinajstić information content (AvgIpc) is 2.11. The molecule has 0 heterocycles. The standard InChI is InChI=1S/C8H16N2O4/c1-6(11)10(14)5-3-2-4-7(9)8(12)13/h7,14H,2-5,9H2,1H3,(H,12,13). The Kier molecular flexibility index (Phi) is 5.82. The van der Waals surface area contributed by atoms with Crippen molar-refractivity contribution in [3.63, 3.8) is 0 Å². The molecule has 0 aliphatic carbocycles. The highest BCUT2D eigenvalue weighted by Gasteiger charge is 2.11. The van der Waals surface area contributed by atoms with Crippen molar-refractivity contribution in [1.82, 2.24) is 5.06 Å². The lowest BCUT2D eigenvalue weighted by molar-refractivity contribution is -0.162. The zero-order chi connectivity index (χ0) is 11.1. The summed E-state index contributed by atoms with van der Waals surface area (Å²) in [6.07, 6.45) is 1.45. The maximum Gasteiger partial charge on any atom is 0.320 e. The van der Waals surface area contributed by atoms with Crippen LogP contribution < -0.4 is 5.73 Å². The van der Waals surface area contributed by atoms with Crippen molar-refractivity contribution >= 4 is 11.9 Å². The highest BCUT2D eigenvalue weighted by atomic mass is 16.5. The van der Waals surface area contributed by atoms with Crippen molar-refractivity contribution in [3.05, 3.63) is 0 Å². The first kappa shape index (κ1) is 12.9. The molecule has 0 radical (unpaired) electrons. The summed E-state index contributed by atoms with van der Waals surface area (Å²) < 4.78 is 0. The first-order valence-corrected chi connectivity index (χ1v) is 4.40. The van der Waals surface area contributed by atoms with E-state index in [1.165, 1.54) is 6.92 Å². The summed E-state index contributed by atoms with van der Waals surface area (Å²) >= 11 is 0. The van der Waals surface area contributed by atoms with Gasteiger partial charge in [-0.25, -0.2) is 5.06 Å². The minimum Gasteiger partial charge on any atom is -0.480 e. The summed E-state index contributed by atoms with van der Waals surface area (Å²) in [6, 6.07) is -0.862. The second-order valence-electron chi connectivity index (χ2n) is 3.08. The molecule has 0 aromatic rings. The van der Waals surface area contributed by atoms with Gasteiger partial charge < -0.3 is 10.8 Å². The van der Waals surface area contributed by atoms with Gasteiger partial charge in [-0.15, -0.1) is 0 Å². The van der Waals surface area contributed by atoms with Crippen molar-refractivity contribution in [3.8, 4) is 0 Å². The third kappa shape index (κ3) is 5.50. The number of hydrogen-bond acceptors (Lipinski definition) is 4. The second-order valence-corrected chi connectivity index (χ2v) is 3.08. The zero-order valence-corrected chi connectivity index (χ0v) is 8.14. The monoisotopic (exact) mass is 204 g/mol. The number of rotatable bonds is 6. The number of hydroxylamine groups is 2. The first-order valence-electron chi connectivity index (χ1n) is 4.40. The van der Waals surface area contributed by atoms with Crippen LogP contribution in [0, 0.1) is 0 Å². The van der Waals surface area contributed by atoms with Crippen molar-refractivity contribution in [2.45, 2.75) is 32.2 Å². The fraction of sp³-hybridized carbons (Fsp3) is 0.750. The first-order chi connectivity index (χ1) is 6.45. The Bertz CT molecular complexity index is 186. The van der Waals surface area contributed by atoms with Crippen molar-refractivity contribution in [2.24, 2.45) is 5.73 Å². The van der Waals surface area contributed by atoms with Crippen LogP contribution in [0.15, 0.2) is 0 Å². The molecule has 0 rings (SSSR count). The number of hydrogen-bond donors (Lipinski definition) is 3. The summed E-state index contributed by atoms with van der Waals surface area (Å²) in [5.41, 5.74) is 5.25. The Hall–Kier alpha value is -1.14. The molecule has 0 fully saturated rings. The number of carboxylic acids is 1. The molecule has 1 unspecified atom stereocenters. The molecule has 0 spiro atoms. The average molecular weight is 204 g/mol. The molecule has 0 bridgehead atoms. The second kappa shape index (κ2) is 6.33. The fourth-order valence-electron chi connectivity index (χ4n) is 0.907. The highest BCUT2D eigenvalue weighted by molar-refractivity contribution is 5.73. The van der Waals surface area contributed by atoms with Crippen LogP contribution >= 0.6 is 0 Å². The van der Waals surface area contributed by atoms with Crippen LogP contribution in [0.1, 0.15) is 26.2 Å². The Morgan fingerprint density at radius 3 is 2.43 bits per heavy atom. The molecule has 14 heavy (non-hydrogen) atoms. The number of carbonyl (C=O) groups is 2. The normalized spacial score (nSPS) is 12.2. The number of aliphatic carboxylic acids is 1. The van der Waals surface area contributed by atoms with Crippen molar-refractivity contribution < 1.29 is 19.9 Å². The van der Waals surface area contributed by atoms with Gasteiger partial charge in [0, 0.05) is 13.5 Å². The van der Waals surface area contributed by atoms with E-state index in [0.29, 0.717) is 24.3 Å². The third-order valence-corrected chi connectivity index (χ3v) is 1.82. The molecule has 1 atom stereocenters. The lowest BCUT2D eigenvalue weighted by Crippen LogP contribution is -2.30. The molecule has 0 aliphatic rings. The lowest BCUT2D eigenvalue weighted by Gasteiger charge is -2.12. The quantitative estimate of drug-likeness (QED) is 0.316. The van der Waals surface area contributed by atoms with Crippen LogP contribution in [0.3, 0.4) is 0 Å². The van der Waals surface area contributed by atoms with Gasteiger partial charge in [0.05, 0.1) is 0 Å². The Labute approximate surface area is 82.3 Å². The van der Waals surface area contributed by atoms with Crippen LogP contribution in [-0.2, 0) is 9.59 Å². The zero-order valence-electron chi connectivity index (χ0n) is 8.14. The van der Waals surface area contributed by atoms with Gasteiger partial charge in [0.25, 0.3) is 0 Å². The summed E-state index contributed by atoms with van der Waals surface area (Å²) in [7, 11) is 0. The van der Waals surface area contributed by atoms with Gasteiger partial charge >= 0.3 is 5.97 Å². The molecule has 1 amide bonds. The molecule has 0 aliphatic heterocycles. The number of amides is 1. The maximum atomic E-state index is 10.5. The number of unbranched alkanes of at least 4 members (excludes halogenated alkanes) is 1. The Morgan fingerprint density at radius 1 is 1.43 bits per heavy atom. The van der Waals surface area contributed by atoms with Crippen LogP contribution in [0.2, 0.25) is 0 Å². The number of carboxylic acid groups (broad SMARTS) is 1. The van der Waals surface area contributed by atoms with Crippen molar-refractivity contribution in [2.75, 3.05) is 6.54 Å². The van der Waals surface area contributed by atoms with E-state index in [0.717, 1.165) is 0 Å². The maximum absolute atomic E-state index is 10.5. The van der Waals surface area contributed by atoms with Gasteiger partial charge in [-0.05, 0) is 19.3 Å². The van der Waals surface area contributed by atoms with E-state index in [4.69, 9.17) is 16.0 Å². The van der Waals surface area contributed by atoms with Gasteiger partial charge in [-0.1, -0.05) is 0 Å². The van der Waals surface area contributed by atoms with Crippen LogP contribution in [0.5, 0.6) is 0 Å². The van der Waals surface area contributed by atoms with E-state index in [9.17, 15) is 9.59 Å². The Morgan fingerprint density at radius 2 is 2.00 bits per heavy atom. The topological polar surface area (TPSA) is 104 Å². The smallest absolute Gasteiger partial charge is 0.320 e. The summed E-state index contributed by atoms with van der Waals surface area (Å²) in [4.78, 5) is 20.8. The van der Waals surface area contributed by atoms with E-state index in [2.05, 4.69) is 0 Å². The van der Waals surface area contributed by atoms with Crippen LogP contribution in [0.4, 0.5) is 0 Å². The predicted molar refractivity (Wildman–Crippen MR) is 48.6 cm³/mol. The number of nitrogens with zero attached hydrogens (tertiary/aromatic N) is 1. The van der Waals surface area contributed by atoms with Gasteiger partial charge in [0.2, 0.25) is 5.91 Å². The molecule has 4 N–H and O–H groups in total. The molecular formula is C8H16N2O4. The predicted octanol–water partition coefficient (Wildman–Crippen LogP) is -0.194.